The van der Waals surface area contributed by atoms with Crippen molar-refractivity contribution in [2.45, 2.75) is 26.7 Å². The molecule has 0 spiro atoms. The summed E-state index contributed by atoms with van der Waals surface area (Å²) in [4.78, 5) is 50.1. The molecule has 0 fully saturated rings. The molecule has 4 aromatic carbocycles. The first-order valence-corrected chi connectivity index (χ1v) is 14.8. The topological polar surface area (TPSA) is 111 Å². The highest BCUT2D eigenvalue weighted by Gasteiger charge is 2.30. The van der Waals surface area contributed by atoms with Crippen molar-refractivity contribution in [2.24, 2.45) is 0 Å². The molecule has 0 saturated carbocycles. The van der Waals surface area contributed by atoms with Crippen LogP contribution in [0.25, 0.3) is 0 Å². The molecule has 0 saturated heterocycles. The Bertz CT molecular complexity index is 1720. The molecule has 0 bridgehead atoms. The summed E-state index contributed by atoms with van der Waals surface area (Å²) in [6.45, 7) is 10.9. The van der Waals surface area contributed by atoms with Gasteiger partial charge in [-0.3, -0.25) is 9.59 Å². The molecule has 8 heteroatoms. The SMILES string of the molecule is C=C(C)C(=O)OCCc1ccc(Nc2ccc3c(c2)C(=O)c2ccc(Nc4ccc(CCOC(=O)C(=C)C)cc4)cc2C3=O)cc1. The van der Waals surface area contributed by atoms with Crippen molar-refractivity contribution in [2.75, 3.05) is 23.8 Å². The Morgan fingerprint density at radius 1 is 0.543 bits per heavy atom. The van der Waals surface area contributed by atoms with Crippen molar-refractivity contribution >= 4 is 46.3 Å². The van der Waals surface area contributed by atoms with Gasteiger partial charge in [-0.2, -0.15) is 0 Å². The average molecular weight is 615 g/mol. The number of anilines is 4. The maximum atomic E-state index is 13.5. The molecule has 0 heterocycles. The molecule has 0 atom stereocenters. The van der Waals surface area contributed by atoms with Gasteiger partial charge in [0.1, 0.15) is 0 Å². The molecule has 1 aliphatic rings. The Labute approximate surface area is 267 Å². The Hall–Kier alpha value is -5.76. The van der Waals surface area contributed by atoms with Gasteiger partial charge in [0.05, 0.1) is 13.2 Å². The summed E-state index contributed by atoms with van der Waals surface area (Å²) in [5.74, 6) is -1.23. The van der Waals surface area contributed by atoms with Crippen molar-refractivity contribution in [1.82, 2.24) is 0 Å². The van der Waals surface area contributed by atoms with Gasteiger partial charge in [-0.15, -0.1) is 0 Å². The van der Waals surface area contributed by atoms with Crippen LogP contribution in [0.1, 0.15) is 56.8 Å². The molecule has 0 unspecified atom stereocenters. The summed E-state index contributed by atoms with van der Waals surface area (Å²) in [5, 5.41) is 6.59. The van der Waals surface area contributed by atoms with Crippen LogP contribution in [-0.4, -0.2) is 36.7 Å². The fraction of sp³-hybridized carbons (Fsp3) is 0.158. The van der Waals surface area contributed by atoms with Gasteiger partial charge in [-0.25, -0.2) is 9.59 Å². The highest BCUT2D eigenvalue weighted by atomic mass is 16.5. The van der Waals surface area contributed by atoms with Gasteiger partial charge in [0, 0.05) is 69.0 Å². The van der Waals surface area contributed by atoms with Crippen molar-refractivity contribution in [3.8, 4) is 0 Å². The first-order valence-electron chi connectivity index (χ1n) is 14.8. The van der Waals surface area contributed by atoms with E-state index in [-0.39, 0.29) is 24.8 Å². The number of ether oxygens (including phenoxy) is 2. The molecule has 2 N–H and O–H groups in total. The summed E-state index contributed by atoms with van der Waals surface area (Å²) in [7, 11) is 0. The minimum Gasteiger partial charge on any atom is -0.462 e. The van der Waals surface area contributed by atoms with Crippen LogP contribution in [0.5, 0.6) is 0 Å². The van der Waals surface area contributed by atoms with E-state index >= 15 is 0 Å². The van der Waals surface area contributed by atoms with Gasteiger partial charge in [-0.1, -0.05) is 37.4 Å². The highest BCUT2D eigenvalue weighted by molar-refractivity contribution is 6.29. The third-order valence-electron chi connectivity index (χ3n) is 7.45. The summed E-state index contributed by atoms with van der Waals surface area (Å²) < 4.78 is 10.3. The number of rotatable bonds is 12. The van der Waals surface area contributed by atoms with Crippen molar-refractivity contribution in [3.63, 3.8) is 0 Å². The van der Waals surface area contributed by atoms with Crippen molar-refractivity contribution in [3.05, 3.63) is 143 Å². The summed E-state index contributed by atoms with van der Waals surface area (Å²) in [5.41, 5.74) is 7.16. The lowest BCUT2D eigenvalue weighted by Gasteiger charge is -2.20. The number of ketones is 2. The molecule has 4 aromatic rings. The van der Waals surface area contributed by atoms with Crippen LogP contribution in [0.15, 0.2) is 109 Å². The quantitative estimate of drug-likeness (QED) is 0.112. The molecule has 0 amide bonds. The largest absolute Gasteiger partial charge is 0.462 e. The predicted molar refractivity (Wildman–Crippen MR) is 178 cm³/mol. The molecule has 1 aliphatic carbocycles. The lowest BCUT2D eigenvalue weighted by atomic mass is 9.83. The number of esters is 2. The van der Waals surface area contributed by atoms with E-state index in [4.69, 9.17) is 9.47 Å². The van der Waals surface area contributed by atoms with Crippen LogP contribution >= 0.6 is 0 Å². The van der Waals surface area contributed by atoms with E-state index in [1.54, 1.807) is 50.2 Å². The van der Waals surface area contributed by atoms with Crippen LogP contribution in [0, 0.1) is 0 Å². The number of hydrogen-bond acceptors (Lipinski definition) is 8. The zero-order valence-electron chi connectivity index (χ0n) is 25.8. The minimum absolute atomic E-state index is 0.212. The van der Waals surface area contributed by atoms with Gasteiger partial charge in [0.15, 0.2) is 11.6 Å². The standard InChI is InChI=1S/C38H34N2O6/c1-23(2)37(43)45-19-17-25-5-9-27(10-6-25)39-29-13-15-31-33(21-29)35(41)32-16-14-30(22-34(32)36(31)42)40-28-11-7-26(8-12-28)18-20-46-38(44)24(3)4/h5-16,21-22,39-40H,1,3,17-20H2,2,4H3. The lowest BCUT2D eigenvalue weighted by molar-refractivity contribution is -0.139. The molecule has 5 rings (SSSR count). The van der Waals surface area contributed by atoms with E-state index < -0.39 is 11.9 Å². The summed E-state index contributed by atoms with van der Waals surface area (Å²) in [6, 6.07) is 25.7. The van der Waals surface area contributed by atoms with E-state index in [1.165, 1.54) is 0 Å². The first kappa shape index (κ1) is 31.7. The highest BCUT2D eigenvalue weighted by Crippen LogP contribution is 2.32. The second kappa shape index (κ2) is 13.9. The van der Waals surface area contributed by atoms with Crippen LogP contribution in [-0.2, 0) is 31.9 Å². The van der Waals surface area contributed by atoms with Crippen LogP contribution in [0.4, 0.5) is 22.7 Å². The maximum absolute atomic E-state index is 13.5. The third kappa shape index (κ3) is 7.47. The molecular weight excluding hydrogens is 580 g/mol. The fourth-order valence-corrected chi connectivity index (χ4v) is 4.92. The van der Waals surface area contributed by atoms with Crippen molar-refractivity contribution < 1.29 is 28.7 Å². The van der Waals surface area contributed by atoms with E-state index in [1.807, 2.05) is 48.5 Å². The van der Waals surface area contributed by atoms with Crippen LogP contribution < -0.4 is 10.6 Å². The molecule has 232 valence electrons. The Morgan fingerprint density at radius 3 is 1.24 bits per heavy atom. The van der Waals surface area contributed by atoms with E-state index in [0.717, 1.165) is 22.5 Å². The number of carbonyl (C=O) groups excluding carboxylic acids is 4. The summed E-state index contributed by atoms with van der Waals surface area (Å²) in [6.07, 6.45) is 1.15. The Kier molecular flexibility index (Phi) is 9.57. The molecule has 0 aliphatic heterocycles. The van der Waals surface area contributed by atoms with Crippen molar-refractivity contribution in [1.29, 1.82) is 0 Å². The zero-order valence-corrected chi connectivity index (χ0v) is 25.8. The first-order chi connectivity index (χ1) is 22.1. The Morgan fingerprint density at radius 2 is 0.891 bits per heavy atom. The zero-order chi connectivity index (χ0) is 32.8. The molecule has 0 aromatic heterocycles. The maximum Gasteiger partial charge on any atom is 0.333 e. The predicted octanol–water partition coefficient (Wildman–Crippen LogP) is 7.27. The van der Waals surface area contributed by atoms with E-state index in [0.29, 0.717) is 57.6 Å². The summed E-state index contributed by atoms with van der Waals surface area (Å²) >= 11 is 0. The lowest BCUT2D eigenvalue weighted by Crippen LogP contribution is -2.21. The number of fused-ring (bicyclic) bond motifs is 2. The number of carbonyl (C=O) groups is 4. The monoisotopic (exact) mass is 614 g/mol. The van der Waals surface area contributed by atoms with Gasteiger partial charge in [0.25, 0.3) is 0 Å². The minimum atomic E-state index is -0.404. The van der Waals surface area contributed by atoms with Gasteiger partial charge < -0.3 is 20.1 Å². The fourth-order valence-electron chi connectivity index (χ4n) is 4.92. The number of hydrogen-bond donors (Lipinski definition) is 2. The van der Waals surface area contributed by atoms with Crippen LogP contribution in [0.2, 0.25) is 0 Å². The molecule has 46 heavy (non-hydrogen) atoms. The molecule has 8 nitrogen and oxygen atoms in total. The van der Waals surface area contributed by atoms with E-state index in [9.17, 15) is 19.2 Å². The third-order valence-corrected chi connectivity index (χ3v) is 7.45. The van der Waals surface area contributed by atoms with Crippen LogP contribution in [0.3, 0.4) is 0 Å². The normalized spacial score (nSPS) is 11.6. The Balaban J connectivity index is 1.21. The van der Waals surface area contributed by atoms with Gasteiger partial charge in [-0.05, 0) is 85.6 Å². The van der Waals surface area contributed by atoms with E-state index in [2.05, 4.69) is 23.8 Å². The molecular formula is C38H34N2O6. The average Bonchev–Trinajstić information content (AvgIpc) is 3.05. The van der Waals surface area contributed by atoms with Gasteiger partial charge >= 0.3 is 11.9 Å². The second-order valence-corrected chi connectivity index (χ2v) is 11.2. The van der Waals surface area contributed by atoms with Gasteiger partial charge in [0.2, 0.25) is 0 Å². The number of nitrogens with one attached hydrogen (secondary N) is 2. The smallest absolute Gasteiger partial charge is 0.333 e. The molecule has 0 radical (unpaired) electrons. The second-order valence-electron chi connectivity index (χ2n) is 11.2. The number of benzene rings is 4.